The predicted molar refractivity (Wildman–Crippen MR) is 73.8 cm³/mol. The van der Waals surface area contributed by atoms with Crippen LogP contribution in [-0.2, 0) is 17.6 Å². The average molecular weight is 242 g/mol. The molecular formula is C16H18O2. The van der Waals surface area contributed by atoms with Gasteiger partial charge in [-0.05, 0) is 34.2 Å². The molecule has 1 N–H and O–H groups in total. The van der Waals surface area contributed by atoms with Gasteiger partial charge in [0.15, 0.2) is 0 Å². The summed E-state index contributed by atoms with van der Waals surface area (Å²) in [6.45, 7) is 4.31. The Morgan fingerprint density at radius 3 is 2.56 bits per heavy atom. The van der Waals surface area contributed by atoms with Crippen molar-refractivity contribution >= 4 is 16.7 Å². The van der Waals surface area contributed by atoms with E-state index in [1.165, 1.54) is 0 Å². The van der Waals surface area contributed by atoms with E-state index >= 15 is 0 Å². The van der Waals surface area contributed by atoms with E-state index in [0.29, 0.717) is 5.92 Å². The highest BCUT2D eigenvalue weighted by Gasteiger charge is 2.11. The first-order valence-corrected chi connectivity index (χ1v) is 6.29. The summed E-state index contributed by atoms with van der Waals surface area (Å²) in [5.74, 6) is -0.241. The number of carboxylic acid groups (broad SMARTS) is 1. The van der Waals surface area contributed by atoms with E-state index in [2.05, 4.69) is 26.0 Å². The van der Waals surface area contributed by atoms with Gasteiger partial charge in [0.05, 0.1) is 6.42 Å². The first-order chi connectivity index (χ1) is 8.58. The lowest BCUT2D eigenvalue weighted by Crippen LogP contribution is -2.06. The zero-order valence-electron chi connectivity index (χ0n) is 10.8. The lowest BCUT2D eigenvalue weighted by atomic mass is 9.92. The van der Waals surface area contributed by atoms with Crippen molar-refractivity contribution in [2.45, 2.75) is 26.7 Å². The van der Waals surface area contributed by atoms with Crippen LogP contribution >= 0.6 is 0 Å². The van der Waals surface area contributed by atoms with E-state index in [0.717, 1.165) is 28.3 Å². The fraction of sp³-hybridized carbons (Fsp3) is 0.312. The largest absolute Gasteiger partial charge is 0.481 e. The quantitative estimate of drug-likeness (QED) is 0.888. The summed E-state index contributed by atoms with van der Waals surface area (Å²) in [5, 5.41) is 11.3. The van der Waals surface area contributed by atoms with Crippen molar-refractivity contribution in [1.82, 2.24) is 0 Å². The molecule has 0 fully saturated rings. The summed E-state index contributed by atoms with van der Waals surface area (Å²) in [5.41, 5.74) is 2.13. The minimum absolute atomic E-state index is 0.101. The molecule has 2 aromatic carbocycles. The molecule has 2 heteroatoms. The Bertz CT molecular complexity index is 570. The van der Waals surface area contributed by atoms with E-state index in [4.69, 9.17) is 5.11 Å². The zero-order chi connectivity index (χ0) is 13.1. The van der Waals surface area contributed by atoms with Crippen LogP contribution in [0.1, 0.15) is 25.0 Å². The van der Waals surface area contributed by atoms with Gasteiger partial charge in [0.25, 0.3) is 0 Å². The van der Waals surface area contributed by atoms with Crippen LogP contribution in [0.25, 0.3) is 10.8 Å². The molecule has 2 aromatic rings. The highest BCUT2D eigenvalue weighted by Crippen LogP contribution is 2.25. The maximum absolute atomic E-state index is 11.1. The summed E-state index contributed by atoms with van der Waals surface area (Å²) in [6, 6.07) is 12.1. The number of fused-ring (bicyclic) bond motifs is 1. The lowest BCUT2D eigenvalue weighted by Gasteiger charge is -2.13. The van der Waals surface area contributed by atoms with Gasteiger partial charge >= 0.3 is 5.97 Å². The number of hydrogen-bond donors (Lipinski definition) is 1. The lowest BCUT2D eigenvalue weighted by molar-refractivity contribution is -0.136. The molecule has 0 amide bonds. The molecule has 0 unspecified atom stereocenters. The summed E-state index contributed by atoms with van der Waals surface area (Å²) < 4.78 is 0. The van der Waals surface area contributed by atoms with Gasteiger partial charge in [-0.25, -0.2) is 0 Å². The number of carbonyl (C=O) groups is 1. The first-order valence-electron chi connectivity index (χ1n) is 6.29. The topological polar surface area (TPSA) is 37.3 Å². The van der Waals surface area contributed by atoms with Crippen LogP contribution < -0.4 is 0 Å². The van der Waals surface area contributed by atoms with Crippen LogP contribution in [0.3, 0.4) is 0 Å². The Morgan fingerprint density at radius 1 is 1.17 bits per heavy atom. The molecule has 0 aliphatic rings. The number of carboxylic acids is 1. The fourth-order valence-electron chi connectivity index (χ4n) is 2.37. The van der Waals surface area contributed by atoms with Crippen molar-refractivity contribution < 1.29 is 9.90 Å². The normalized spacial score (nSPS) is 11.1. The molecular weight excluding hydrogens is 224 g/mol. The van der Waals surface area contributed by atoms with E-state index in [1.54, 1.807) is 0 Å². The molecule has 0 spiro atoms. The highest BCUT2D eigenvalue weighted by atomic mass is 16.4. The molecule has 0 bridgehead atoms. The summed E-state index contributed by atoms with van der Waals surface area (Å²) in [7, 11) is 0. The standard InChI is InChI=1S/C16H18O2/c1-11(2)9-13-8-7-12-5-3-4-6-14(12)15(13)10-16(17)18/h3-8,11H,9-10H2,1-2H3,(H,17,18). The maximum atomic E-state index is 11.1. The molecule has 0 aromatic heterocycles. The van der Waals surface area contributed by atoms with E-state index in [1.807, 2.05) is 24.3 Å². The molecule has 0 radical (unpaired) electrons. The van der Waals surface area contributed by atoms with E-state index in [-0.39, 0.29) is 6.42 Å². The van der Waals surface area contributed by atoms with Crippen molar-refractivity contribution in [3.63, 3.8) is 0 Å². The van der Waals surface area contributed by atoms with Crippen molar-refractivity contribution in [2.75, 3.05) is 0 Å². The van der Waals surface area contributed by atoms with Crippen LogP contribution in [0.15, 0.2) is 36.4 Å². The third-order valence-electron chi connectivity index (χ3n) is 3.09. The predicted octanol–water partition coefficient (Wildman–Crippen LogP) is 3.67. The Kier molecular flexibility index (Phi) is 3.66. The number of benzene rings is 2. The number of hydrogen-bond acceptors (Lipinski definition) is 1. The zero-order valence-corrected chi connectivity index (χ0v) is 10.8. The van der Waals surface area contributed by atoms with Crippen LogP contribution in [0, 0.1) is 5.92 Å². The third kappa shape index (κ3) is 2.70. The molecule has 0 atom stereocenters. The van der Waals surface area contributed by atoms with Crippen molar-refractivity contribution in [1.29, 1.82) is 0 Å². The van der Waals surface area contributed by atoms with Crippen molar-refractivity contribution in [2.24, 2.45) is 5.92 Å². The fourth-order valence-corrected chi connectivity index (χ4v) is 2.37. The van der Waals surface area contributed by atoms with Gasteiger partial charge in [0.1, 0.15) is 0 Å². The minimum Gasteiger partial charge on any atom is -0.481 e. The first kappa shape index (κ1) is 12.6. The van der Waals surface area contributed by atoms with Crippen molar-refractivity contribution in [3.05, 3.63) is 47.5 Å². The number of aliphatic carboxylic acids is 1. The molecule has 2 rings (SSSR count). The Hall–Kier alpha value is -1.83. The second-order valence-electron chi connectivity index (χ2n) is 5.09. The molecule has 0 saturated heterocycles. The van der Waals surface area contributed by atoms with Gasteiger partial charge in [0, 0.05) is 0 Å². The van der Waals surface area contributed by atoms with Crippen LogP contribution in [0.5, 0.6) is 0 Å². The molecule has 2 nitrogen and oxygen atoms in total. The molecule has 0 saturated carbocycles. The van der Waals surface area contributed by atoms with Crippen LogP contribution in [0.4, 0.5) is 0 Å². The van der Waals surface area contributed by atoms with Crippen LogP contribution in [0.2, 0.25) is 0 Å². The van der Waals surface area contributed by atoms with Gasteiger partial charge in [-0.3, -0.25) is 4.79 Å². The smallest absolute Gasteiger partial charge is 0.307 e. The maximum Gasteiger partial charge on any atom is 0.307 e. The van der Waals surface area contributed by atoms with Gasteiger partial charge < -0.3 is 5.11 Å². The van der Waals surface area contributed by atoms with Crippen molar-refractivity contribution in [3.8, 4) is 0 Å². The second kappa shape index (κ2) is 5.21. The monoisotopic (exact) mass is 242 g/mol. The average Bonchev–Trinajstić information content (AvgIpc) is 2.31. The number of rotatable bonds is 4. The molecule has 0 aliphatic carbocycles. The Balaban J connectivity index is 2.58. The van der Waals surface area contributed by atoms with Gasteiger partial charge in [-0.15, -0.1) is 0 Å². The van der Waals surface area contributed by atoms with Gasteiger partial charge in [-0.1, -0.05) is 50.2 Å². The minimum atomic E-state index is -0.767. The van der Waals surface area contributed by atoms with Gasteiger partial charge in [-0.2, -0.15) is 0 Å². The Morgan fingerprint density at radius 2 is 1.89 bits per heavy atom. The third-order valence-corrected chi connectivity index (χ3v) is 3.09. The molecule has 94 valence electrons. The summed E-state index contributed by atoms with van der Waals surface area (Å²) in [4.78, 5) is 11.1. The molecule has 0 heterocycles. The SMILES string of the molecule is CC(C)Cc1ccc2ccccc2c1CC(=O)O. The summed E-state index contributed by atoms with van der Waals surface area (Å²) in [6.07, 6.45) is 1.02. The van der Waals surface area contributed by atoms with Gasteiger partial charge in [0.2, 0.25) is 0 Å². The molecule has 18 heavy (non-hydrogen) atoms. The van der Waals surface area contributed by atoms with E-state index < -0.39 is 5.97 Å². The van der Waals surface area contributed by atoms with E-state index in [9.17, 15) is 4.79 Å². The Labute approximate surface area is 107 Å². The van der Waals surface area contributed by atoms with Crippen LogP contribution in [-0.4, -0.2) is 11.1 Å². The second-order valence-corrected chi connectivity index (χ2v) is 5.09. The summed E-state index contributed by atoms with van der Waals surface area (Å²) >= 11 is 0. The molecule has 0 aliphatic heterocycles. The highest BCUT2D eigenvalue weighted by molar-refractivity contribution is 5.89.